The van der Waals surface area contributed by atoms with Crippen LogP contribution in [0.4, 0.5) is 0 Å². The maximum absolute atomic E-state index is 13.3. The first-order chi connectivity index (χ1) is 13.0. The zero-order chi connectivity index (χ0) is 20.7. The van der Waals surface area contributed by atoms with Gasteiger partial charge in [0.05, 0.1) is 9.79 Å². The first kappa shape index (κ1) is 21.0. The predicted molar refractivity (Wildman–Crippen MR) is 110 cm³/mol. The van der Waals surface area contributed by atoms with Crippen LogP contribution in [0.3, 0.4) is 0 Å². The predicted octanol–water partition coefficient (Wildman–Crippen LogP) is 4.78. The van der Waals surface area contributed by atoms with Gasteiger partial charge in [-0.2, -0.15) is 0 Å². The number of rotatable bonds is 4. The lowest BCUT2D eigenvalue weighted by Crippen LogP contribution is -2.15. The summed E-state index contributed by atoms with van der Waals surface area (Å²) in [5, 5.41) is -0.109. The third-order valence-electron chi connectivity index (χ3n) is 4.03. The molecule has 0 atom stereocenters. The van der Waals surface area contributed by atoms with Gasteiger partial charge in [0.1, 0.15) is 4.90 Å². The number of aryl methyl sites for hydroxylation is 2. The second-order valence-electron chi connectivity index (χ2n) is 6.13. The Bertz CT molecular complexity index is 1250. The number of sulfone groups is 2. The largest absolute Gasteiger partial charge is 0.240 e. The molecule has 28 heavy (non-hydrogen) atoms. The molecule has 0 aliphatic heterocycles. The van der Waals surface area contributed by atoms with Crippen molar-refractivity contribution in [1.29, 1.82) is 0 Å². The van der Waals surface area contributed by atoms with Crippen LogP contribution in [0, 0.1) is 13.8 Å². The standard InChI is InChI=1S/C19H15BrClNO4S2/c1-12-11-13(2)22-19(28(25,26)17-7-3-14(20)4-8-17)18(12)27(23,24)16-9-5-15(21)6-10-16/h3-11H,1-2H3. The Morgan fingerprint density at radius 2 is 1.32 bits per heavy atom. The van der Waals surface area contributed by atoms with Crippen LogP contribution in [0.2, 0.25) is 5.02 Å². The molecule has 1 aromatic heterocycles. The van der Waals surface area contributed by atoms with Crippen molar-refractivity contribution in [3.8, 4) is 0 Å². The summed E-state index contributed by atoms with van der Waals surface area (Å²) in [5.41, 5.74) is 0.710. The molecule has 0 radical (unpaired) electrons. The van der Waals surface area contributed by atoms with Gasteiger partial charge in [0.2, 0.25) is 19.7 Å². The van der Waals surface area contributed by atoms with E-state index in [0.717, 1.165) is 0 Å². The topological polar surface area (TPSA) is 81.2 Å². The van der Waals surface area contributed by atoms with Crippen molar-refractivity contribution in [2.24, 2.45) is 0 Å². The van der Waals surface area contributed by atoms with Gasteiger partial charge in [0.15, 0.2) is 5.03 Å². The van der Waals surface area contributed by atoms with Crippen LogP contribution in [-0.4, -0.2) is 21.8 Å². The van der Waals surface area contributed by atoms with E-state index in [1.54, 1.807) is 32.0 Å². The van der Waals surface area contributed by atoms with Gasteiger partial charge in [-0.15, -0.1) is 0 Å². The average molecular weight is 501 g/mol. The summed E-state index contributed by atoms with van der Waals surface area (Å²) in [5.74, 6) is 0. The molecule has 146 valence electrons. The number of nitrogens with zero attached hydrogens (tertiary/aromatic N) is 1. The van der Waals surface area contributed by atoms with Crippen LogP contribution in [0.1, 0.15) is 11.3 Å². The third-order valence-corrected chi connectivity index (χ3v) is 8.58. The maximum atomic E-state index is 13.3. The minimum absolute atomic E-state index is 0.0410. The van der Waals surface area contributed by atoms with E-state index < -0.39 is 24.7 Å². The molecule has 5 nitrogen and oxygen atoms in total. The molecule has 0 N–H and O–H groups in total. The summed E-state index contributed by atoms with van der Waals surface area (Å²) in [6.07, 6.45) is 0. The number of hydrogen-bond donors (Lipinski definition) is 0. The molecular weight excluding hydrogens is 486 g/mol. The van der Waals surface area contributed by atoms with Crippen molar-refractivity contribution in [1.82, 2.24) is 4.98 Å². The van der Waals surface area contributed by atoms with E-state index in [9.17, 15) is 16.8 Å². The van der Waals surface area contributed by atoms with Gasteiger partial charge in [-0.3, -0.25) is 0 Å². The molecule has 0 saturated carbocycles. The maximum Gasteiger partial charge on any atom is 0.225 e. The number of pyridine rings is 1. The molecule has 0 spiro atoms. The molecule has 9 heteroatoms. The molecule has 1 heterocycles. The molecule has 0 unspecified atom stereocenters. The molecule has 3 aromatic rings. The Labute approximate surface area is 177 Å². The summed E-state index contributed by atoms with van der Waals surface area (Å²) in [6, 6.07) is 13.0. The zero-order valence-corrected chi connectivity index (χ0v) is 18.8. The first-order valence-corrected chi connectivity index (χ1v) is 12.2. The van der Waals surface area contributed by atoms with E-state index in [2.05, 4.69) is 20.9 Å². The van der Waals surface area contributed by atoms with Crippen LogP contribution in [0.5, 0.6) is 0 Å². The number of hydrogen-bond acceptors (Lipinski definition) is 5. The average Bonchev–Trinajstić information content (AvgIpc) is 2.61. The van der Waals surface area contributed by atoms with E-state index in [1.807, 2.05) is 0 Å². The Morgan fingerprint density at radius 1 is 0.821 bits per heavy atom. The normalized spacial score (nSPS) is 12.1. The highest BCUT2D eigenvalue weighted by molar-refractivity contribution is 9.10. The van der Waals surface area contributed by atoms with Gasteiger partial charge in [-0.25, -0.2) is 21.8 Å². The minimum atomic E-state index is -4.17. The Kier molecular flexibility index (Phi) is 5.69. The first-order valence-electron chi connectivity index (χ1n) is 8.03. The molecule has 2 aromatic carbocycles. The van der Waals surface area contributed by atoms with Crippen LogP contribution in [-0.2, 0) is 19.7 Å². The van der Waals surface area contributed by atoms with E-state index in [4.69, 9.17) is 11.6 Å². The summed E-state index contributed by atoms with van der Waals surface area (Å²) in [4.78, 5) is 3.68. The molecular formula is C19H15BrClNO4S2. The highest BCUT2D eigenvalue weighted by atomic mass is 79.9. The molecule has 0 saturated heterocycles. The summed E-state index contributed by atoms with van der Waals surface area (Å²) >= 11 is 9.11. The summed E-state index contributed by atoms with van der Waals surface area (Å²) in [6.45, 7) is 3.17. The fraction of sp³-hybridized carbons (Fsp3) is 0.105. The van der Waals surface area contributed by atoms with Gasteiger partial charge in [-0.05, 0) is 74.0 Å². The monoisotopic (exact) mass is 499 g/mol. The second kappa shape index (κ2) is 7.59. The van der Waals surface area contributed by atoms with Crippen molar-refractivity contribution >= 4 is 47.2 Å². The second-order valence-corrected chi connectivity index (χ2v) is 11.2. The van der Waals surface area contributed by atoms with Gasteiger partial charge in [0, 0.05) is 15.2 Å². The van der Waals surface area contributed by atoms with Gasteiger partial charge >= 0.3 is 0 Å². The Morgan fingerprint density at radius 3 is 1.89 bits per heavy atom. The van der Waals surface area contributed by atoms with E-state index in [0.29, 0.717) is 20.8 Å². The van der Waals surface area contributed by atoms with Crippen molar-refractivity contribution in [3.63, 3.8) is 0 Å². The molecule has 0 amide bonds. The van der Waals surface area contributed by atoms with Crippen LogP contribution >= 0.6 is 27.5 Å². The fourth-order valence-electron chi connectivity index (χ4n) is 2.76. The quantitative estimate of drug-likeness (QED) is 0.515. The van der Waals surface area contributed by atoms with E-state index in [1.165, 1.54) is 36.4 Å². The number of halogens is 2. The van der Waals surface area contributed by atoms with Crippen molar-refractivity contribution in [2.75, 3.05) is 0 Å². The minimum Gasteiger partial charge on any atom is -0.240 e. The van der Waals surface area contributed by atoms with E-state index >= 15 is 0 Å². The lowest BCUT2D eigenvalue weighted by atomic mass is 10.2. The van der Waals surface area contributed by atoms with Crippen LogP contribution in [0.15, 0.2) is 78.8 Å². The molecule has 0 fully saturated rings. The lowest BCUT2D eigenvalue weighted by Gasteiger charge is -2.14. The van der Waals surface area contributed by atoms with E-state index in [-0.39, 0.29) is 14.7 Å². The van der Waals surface area contributed by atoms with Gasteiger partial charge in [-0.1, -0.05) is 27.5 Å². The molecule has 3 rings (SSSR count). The number of benzene rings is 2. The number of aromatic nitrogens is 1. The third kappa shape index (κ3) is 3.87. The van der Waals surface area contributed by atoms with Crippen molar-refractivity contribution < 1.29 is 16.8 Å². The van der Waals surface area contributed by atoms with Crippen molar-refractivity contribution in [3.05, 3.63) is 75.4 Å². The SMILES string of the molecule is Cc1cc(C)c(S(=O)(=O)c2ccc(Cl)cc2)c(S(=O)(=O)c2ccc(Br)cc2)n1. The highest BCUT2D eigenvalue weighted by Crippen LogP contribution is 2.33. The van der Waals surface area contributed by atoms with Crippen LogP contribution < -0.4 is 0 Å². The fourth-order valence-corrected chi connectivity index (χ4v) is 6.68. The summed E-state index contributed by atoms with van der Waals surface area (Å²) < 4.78 is 53.7. The Balaban J connectivity index is 2.32. The Hall–Kier alpha value is -1.74. The molecule has 0 aliphatic carbocycles. The molecule has 0 bridgehead atoms. The van der Waals surface area contributed by atoms with Gasteiger partial charge < -0.3 is 0 Å². The summed E-state index contributed by atoms with van der Waals surface area (Å²) in [7, 11) is -8.31. The lowest BCUT2D eigenvalue weighted by molar-refractivity contribution is 0.576. The van der Waals surface area contributed by atoms with Crippen molar-refractivity contribution in [2.45, 2.75) is 33.6 Å². The molecule has 0 aliphatic rings. The van der Waals surface area contributed by atoms with Crippen LogP contribution in [0.25, 0.3) is 0 Å². The highest BCUT2D eigenvalue weighted by Gasteiger charge is 2.32. The van der Waals surface area contributed by atoms with Gasteiger partial charge in [0.25, 0.3) is 0 Å². The smallest absolute Gasteiger partial charge is 0.225 e. The zero-order valence-electron chi connectivity index (χ0n) is 14.8.